The van der Waals surface area contributed by atoms with Gasteiger partial charge in [-0.1, -0.05) is 19.8 Å². The molecule has 0 aliphatic rings. The second-order valence-electron chi connectivity index (χ2n) is 7.18. The molecule has 1 N–H and O–H groups in total. The molecule has 0 aromatic rings. The number of unbranched alkanes of at least 4 members (excludes halogenated alkanes) is 3. The zero-order valence-corrected chi connectivity index (χ0v) is 13.9. The predicted molar refractivity (Wildman–Crippen MR) is 83.2 cm³/mol. The third kappa shape index (κ3) is 8.93. The van der Waals surface area contributed by atoms with Crippen LogP contribution in [0.2, 0.25) is 0 Å². The lowest BCUT2D eigenvalue weighted by atomic mass is 9.99. The van der Waals surface area contributed by atoms with Crippen LogP contribution in [-0.4, -0.2) is 36.1 Å². The highest BCUT2D eigenvalue weighted by molar-refractivity contribution is 4.77. The maximum absolute atomic E-state index is 3.54. The Morgan fingerprint density at radius 3 is 1.94 bits per heavy atom. The monoisotopic (exact) mass is 256 g/mol. The summed E-state index contributed by atoms with van der Waals surface area (Å²) in [6.45, 7) is 16.0. The molecule has 0 saturated carbocycles. The molecule has 0 aromatic carbocycles. The Bertz CT molecular complexity index is 204. The molecule has 110 valence electrons. The minimum Gasteiger partial charge on any atom is -0.312 e. The minimum absolute atomic E-state index is 0.269. The highest BCUT2D eigenvalue weighted by Gasteiger charge is 2.19. The van der Waals surface area contributed by atoms with E-state index in [2.05, 4.69) is 58.8 Å². The van der Waals surface area contributed by atoms with Crippen molar-refractivity contribution in [1.29, 1.82) is 0 Å². The van der Waals surface area contributed by atoms with E-state index in [9.17, 15) is 0 Å². The summed E-state index contributed by atoms with van der Waals surface area (Å²) in [6, 6.07) is 0. The van der Waals surface area contributed by atoms with Gasteiger partial charge in [0.2, 0.25) is 0 Å². The average molecular weight is 256 g/mol. The molecule has 0 fully saturated rings. The van der Waals surface area contributed by atoms with Crippen molar-refractivity contribution >= 4 is 0 Å². The Morgan fingerprint density at radius 1 is 0.889 bits per heavy atom. The van der Waals surface area contributed by atoms with Gasteiger partial charge in [0.15, 0.2) is 0 Å². The Kier molecular flexibility index (Phi) is 8.13. The average Bonchev–Trinajstić information content (AvgIpc) is 2.25. The largest absolute Gasteiger partial charge is 0.312 e. The summed E-state index contributed by atoms with van der Waals surface area (Å²) in [7, 11) is 2.25. The van der Waals surface area contributed by atoms with E-state index in [1.54, 1.807) is 0 Å². The smallest absolute Gasteiger partial charge is 0.0147 e. The van der Waals surface area contributed by atoms with Crippen LogP contribution in [0, 0.1) is 0 Å². The Morgan fingerprint density at radius 2 is 1.44 bits per heavy atom. The van der Waals surface area contributed by atoms with Gasteiger partial charge in [0.05, 0.1) is 0 Å². The quantitative estimate of drug-likeness (QED) is 0.626. The summed E-state index contributed by atoms with van der Waals surface area (Å²) in [5, 5.41) is 3.54. The van der Waals surface area contributed by atoms with Gasteiger partial charge in [0.25, 0.3) is 0 Å². The van der Waals surface area contributed by atoms with Gasteiger partial charge in [0.1, 0.15) is 0 Å². The number of hydrogen-bond acceptors (Lipinski definition) is 2. The van der Waals surface area contributed by atoms with E-state index in [1.165, 1.54) is 38.6 Å². The van der Waals surface area contributed by atoms with Crippen molar-refractivity contribution in [2.24, 2.45) is 0 Å². The van der Waals surface area contributed by atoms with Crippen LogP contribution >= 0.6 is 0 Å². The lowest BCUT2D eigenvalue weighted by Gasteiger charge is -2.34. The fourth-order valence-corrected chi connectivity index (χ4v) is 1.86. The first kappa shape index (κ1) is 17.9. The van der Waals surface area contributed by atoms with Gasteiger partial charge >= 0.3 is 0 Å². The summed E-state index contributed by atoms with van der Waals surface area (Å²) in [4.78, 5) is 2.50. The molecule has 0 bridgehead atoms. The Balaban J connectivity index is 3.47. The number of nitrogens with one attached hydrogen (secondary N) is 1. The van der Waals surface area contributed by atoms with Crippen LogP contribution in [0.4, 0.5) is 0 Å². The standard InChI is InChI=1S/C16H36N2/c1-8-16(5,6)18(7)14-12-10-9-11-13-17-15(2,3)4/h17H,8-14H2,1-7H3. The molecule has 0 aromatic heterocycles. The first-order valence-corrected chi connectivity index (χ1v) is 7.65. The van der Waals surface area contributed by atoms with E-state index < -0.39 is 0 Å². The van der Waals surface area contributed by atoms with Crippen molar-refractivity contribution in [3.05, 3.63) is 0 Å². The summed E-state index contributed by atoms with van der Waals surface area (Å²) in [5.74, 6) is 0. The maximum Gasteiger partial charge on any atom is 0.0147 e. The predicted octanol–water partition coefficient (Wildman–Crippen LogP) is 4.06. The second kappa shape index (κ2) is 8.16. The molecule has 18 heavy (non-hydrogen) atoms. The van der Waals surface area contributed by atoms with Crippen LogP contribution < -0.4 is 5.32 Å². The number of rotatable bonds is 9. The molecule has 0 aliphatic carbocycles. The van der Waals surface area contributed by atoms with Crippen LogP contribution in [0.5, 0.6) is 0 Å². The summed E-state index contributed by atoms with van der Waals surface area (Å²) >= 11 is 0. The van der Waals surface area contributed by atoms with E-state index in [0.29, 0.717) is 5.54 Å². The molecule has 0 radical (unpaired) electrons. The summed E-state index contributed by atoms with van der Waals surface area (Å²) in [6.07, 6.45) is 6.56. The summed E-state index contributed by atoms with van der Waals surface area (Å²) < 4.78 is 0. The van der Waals surface area contributed by atoms with Crippen molar-refractivity contribution in [3.8, 4) is 0 Å². The molecule has 0 aliphatic heterocycles. The van der Waals surface area contributed by atoms with Crippen molar-refractivity contribution < 1.29 is 0 Å². The van der Waals surface area contributed by atoms with E-state index in [-0.39, 0.29) is 5.54 Å². The van der Waals surface area contributed by atoms with Gasteiger partial charge < -0.3 is 10.2 Å². The Hall–Kier alpha value is -0.0800. The lowest BCUT2D eigenvalue weighted by Crippen LogP contribution is -2.40. The topological polar surface area (TPSA) is 15.3 Å². The fourth-order valence-electron chi connectivity index (χ4n) is 1.86. The van der Waals surface area contributed by atoms with E-state index >= 15 is 0 Å². The molecule has 0 saturated heterocycles. The highest BCUT2D eigenvalue weighted by Crippen LogP contribution is 2.17. The molecular formula is C16H36N2. The van der Waals surface area contributed by atoms with E-state index in [4.69, 9.17) is 0 Å². The molecule has 0 amide bonds. The van der Waals surface area contributed by atoms with Gasteiger partial charge in [-0.25, -0.2) is 0 Å². The van der Waals surface area contributed by atoms with Crippen LogP contribution in [0.25, 0.3) is 0 Å². The maximum atomic E-state index is 3.54. The highest BCUT2D eigenvalue weighted by atomic mass is 15.2. The van der Waals surface area contributed by atoms with Crippen molar-refractivity contribution in [3.63, 3.8) is 0 Å². The van der Waals surface area contributed by atoms with Gasteiger partial charge in [-0.2, -0.15) is 0 Å². The lowest BCUT2D eigenvalue weighted by molar-refractivity contribution is 0.148. The molecule has 2 heteroatoms. The molecule has 0 spiro atoms. The molecular weight excluding hydrogens is 220 g/mol. The fraction of sp³-hybridized carbons (Fsp3) is 1.00. The number of nitrogens with zero attached hydrogens (tertiary/aromatic N) is 1. The minimum atomic E-state index is 0.269. The van der Waals surface area contributed by atoms with Crippen LogP contribution in [0.1, 0.15) is 73.6 Å². The van der Waals surface area contributed by atoms with Crippen LogP contribution in [-0.2, 0) is 0 Å². The number of hydrogen-bond donors (Lipinski definition) is 1. The Labute approximate surface area is 116 Å². The molecule has 0 heterocycles. The van der Waals surface area contributed by atoms with Crippen molar-refractivity contribution in [2.75, 3.05) is 20.1 Å². The van der Waals surface area contributed by atoms with Crippen LogP contribution in [0.3, 0.4) is 0 Å². The molecule has 2 nitrogen and oxygen atoms in total. The van der Waals surface area contributed by atoms with Gasteiger partial charge in [0, 0.05) is 11.1 Å². The van der Waals surface area contributed by atoms with Gasteiger partial charge in [-0.3, -0.25) is 0 Å². The first-order valence-electron chi connectivity index (χ1n) is 7.65. The van der Waals surface area contributed by atoms with Crippen molar-refractivity contribution in [1.82, 2.24) is 10.2 Å². The summed E-state index contributed by atoms with van der Waals surface area (Å²) in [5.41, 5.74) is 0.624. The second-order valence-corrected chi connectivity index (χ2v) is 7.18. The van der Waals surface area contributed by atoms with Gasteiger partial charge in [-0.05, 0) is 74.0 Å². The van der Waals surface area contributed by atoms with Crippen LogP contribution in [0.15, 0.2) is 0 Å². The normalized spacial score (nSPS) is 13.3. The first-order chi connectivity index (χ1) is 8.19. The molecule has 0 atom stereocenters. The van der Waals surface area contributed by atoms with Gasteiger partial charge in [-0.15, -0.1) is 0 Å². The zero-order valence-electron chi connectivity index (χ0n) is 13.9. The van der Waals surface area contributed by atoms with Crippen molar-refractivity contribution in [2.45, 2.75) is 84.7 Å². The van der Waals surface area contributed by atoms with E-state index in [0.717, 1.165) is 6.54 Å². The zero-order chi connectivity index (χ0) is 14.2. The third-order valence-corrected chi connectivity index (χ3v) is 3.97. The molecule has 0 rings (SSSR count). The van der Waals surface area contributed by atoms with E-state index in [1.807, 2.05) is 0 Å². The third-order valence-electron chi connectivity index (χ3n) is 3.97. The molecule has 0 unspecified atom stereocenters. The SMILES string of the molecule is CCC(C)(C)N(C)CCCCCCNC(C)(C)C.